The van der Waals surface area contributed by atoms with E-state index in [1.165, 1.54) is 12.1 Å². The number of carbonyl (C=O) groups excluding carboxylic acids is 2. The minimum Gasteiger partial charge on any atom is -0.369 e. The number of carbonyl (C=O) groups is 2. The summed E-state index contributed by atoms with van der Waals surface area (Å²) in [5, 5.41) is 0. The summed E-state index contributed by atoms with van der Waals surface area (Å²) in [6, 6.07) is 6.21. The largest absolute Gasteiger partial charge is 0.369 e. The molecule has 0 aliphatic carbocycles. The number of likely N-dealkylation sites (tertiary alicyclic amines) is 1. The number of hydrogen-bond donors (Lipinski definition) is 1. The molecule has 3 rings (SSSR count). The quantitative estimate of drug-likeness (QED) is 0.868. The molecule has 0 radical (unpaired) electrons. The maximum Gasteiger partial charge on any atom is 0.239 e. The summed E-state index contributed by atoms with van der Waals surface area (Å²) in [5.41, 5.74) is 6.35. The standard InChI is InChI=1S/C18H25FN4O2/c1-13(23-7-6-14(12-23)17(20)24)18(25)22-10-8-21(9-11-22)16-4-2-15(19)3-5-16/h2-5,13-14H,6-12H2,1H3,(H2,20,24)/t13-,14+/m0/s1. The smallest absolute Gasteiger partial charge is 0.239 e. The van der Waals surface area contributed by atoms with Crippen molar-refractivity contribution in [3.63, 3.8) is 0 Å². The van der Waals surface area contributed by atoms with Gasteiger partial charge < -0.3 is 15.5 Å². The van der Waals surface area contributed by atoms with Crippen LogP contribution in [0.1, 0.15) is 13.3 Å². The van der Waals surface area contributed by atoms with E-state index >= 15 is 0 Å². The molecule has 2 aliphatic heterocycles. The molecule has 2 saturated heterocycles. The first kappa shape index (κ1) is 17.7. The van der Waals surface area contributed by atoms with Crippen molar-refractivity contribution in [3.8, 4) is 0 Å². The molecule has 6 nitrogen and oxygen atoms in total. The highest BCUT2D eigenvalue weighted by atomic mass is 19.1. The van der Waals surface area contributed by atoms with Crippen molar-refractivity contribution in [3.05, 3.63) is 30.1 Å². The molecule has 2 fully saturated rings. The third-order valence-electron chi connectivity index (χ3n) is 5.31. The zero-order valence-corrected chi connectivity index (χ0v) is 14.5. The number of hydrogen-bond acceptors (Lipinski definition) is 4. The lowest BCUT2D eigenvalue weighted by molar-refractivity contribution is -0.136. The predicted molar refractivity (Wildman–Crippen MR) is 93.5 cm³/mol. The first-order valence-electron chi connectivity index (χ1n) is 8.78. The maximum absolute atomic E-state index is 13.0. The van der Waals surface area contributed by atoms with Gasteiger partial charge in [0.15, 0.2) is 0 Å². The van der Waals surface area contributed by atoms with Crippen molar-refractivity contribution in [2.45, 2.75) is 19.4 Å². The molecular weight excluding hydrogens is 323 g/mol. The van der Waals surface area contributed by atoms with Crippen LogP contribution in [0.5, 0.6) is 0 Å². The number of amides is 2. The second-order valence-corrected chi connectivity index (χ2v) is 6.85. The Labute approximate surface area is 147 Å². The molecule has 1 aromatic rings. The summed E-state index contributed by atoms with van der Waals surface area (Å²) >= 11 is 0. The lowest BCUT2D eigenvalue weighted by atomic mass is 10.1. The van der Waals surface area contributed by atoms with E-state index in [1.54, 1.807) is 12.1 Å². The Kier molecular flexibility index (Phi) is 5.22. The number of benzene rings is 1. The highest BCUT2D eigenvalue weighted by molar-refractivity contribution is 5.82. The van der Waals surface area contributed by atoms with Crippen molar-refractivity contribution in [2.75, 3.05) is 44.2 Å². The van der Waals surface area contributed by atoms with Gasteiger partial charge in [-0.2, -0.15) is 0 Å². The molecule has 2 atom stereocenters. The van der Waals surface area contributed by atoms with E-state index in [1.807, 2.05) is 16.7 Å². The van der Waals surface area contributed by atoms with E-state index in [2.05, 4.69) is 4.90 Å². The van der Waals surface area contributed by atoms with Gasteiger partial charge in [0.1, 0.15) is 5.82 Å². The summed E-state index contributed by atoms with van der Waals surface area (Å²) in [5.74, 6) is -0.573. The Morgan fingerprint density at radius 2 is 1.76 bits per heavy atom. The minimum absolute atomic E-state index is 0.101. The van der Waals surface area contributed by atoms with Gasteiger partial charge in [-0.15, -0.1) is 0 Å². The van der Waals surface area contributed by atoms with Crippen LogP contribution in [0.3, 0.4) is 0 Å². The van der Waals surface area contributed by atoms with Crippen LogP contribution in [-0.2, 0) is 9.59 Å². The molecule has 2 amide bonds. The van der Waals surface area contributed by atoms with Crippen LogP contribution in [0.15, 0.2) is 24.3 Å². The Morgan fingerprint density at radius 3 is 2.32 bits per heavy atom. The second kappa shape index (κ2) is 7.39. The molecule has 136 valence electrons. The lowest BCUT2D eigenvalue weighted by Crippen LogP contribution is -2.54. The van der Waals surface area contributed by atoms with Gasteiger partial charge in [0.2, 0.25) is 11.8 Å². The molecule has 2 aliphatic rings. The summed E-state index contributed by atoms with van der Waals surface area (Å²) in [6.07, 6.45) is 0.727. The Hall–Kier alpha value is -2.15. The van der Waals surface area contributed by atoms with Gasteiger partial charge in [0, 0.05) is 38.4 Å². The van der Waals surface area contributed by atoms with Gasteiger partial charge in [-0.25, -0.2) is 4.39 Å². The lowest BCUT2D eigenvalue weighted by Gasteiger charge is -2.38. The van der Waals surface area contributed by atoms with Crippen molar-refractivity contribution >= 4 is 17.5 Å². The first-order chi connectivity index (χ1) is 12.0. The Bertz CT molecular complexity index is 628. The number of nitrogens with two attached hydrogens (primary N) is 1. The molecule has 0 spiro atoms. The van der Waals surface area contributed by atoms with E-state index in [-0.39, 0.29) is 29.6 Å². The number of piperazine rings is 1. The predicted octanol–water partition coefficient (Wildman–Crippen LogP) is 0.670. The van der Waals surface area contributed by atoms with Gasteiger partial charge >= 0.3 is 0 Å². The second-order valence-electron chi connectivity index (χ2n) is 6.85. The van der Waals surface area contributed by atoms with E-state index in [0.717, 1.165) is 31.7 Å². The van der Waals surface area contributed by atoms with Gasteiger partial charge in [-0.05, 0) is 44.2 Å². The highest BCUT2D eigenvalue weighted by Crippen LogP contribution is 2.21. The average molecular weight is 348 g/mol. The summed E-state index contributed by atoms with van der Waals surface area (Å²) in [7, 11) is 0. The molecule has 1 aromatic carbocycles. The molecule has 2 N–H and O–H groups in total. The summed E-state index contributed by atoms with van der Waals surface area (Å²) < 4.78 is 13.0. The van der Waals surface area contributed by atoms with Gasteiger partial charge in [0.25, 0.3) is 0 Å². The molecular formula is C18H25FN4O2. The Morgan fingerprint density at radius 1 is 1.12 bits per heavy atom. The highest BCUT2D eigenvalue weighted by Gasteiger charge is 2.34. The van der Waals surface area contributed by atoms with Gasteiger partial charge in [0.05, 0.1) is 12.0 Å². The minimum atomic E-state index is -0.282. The zero-order chi connectivity index (χ0) is 18.0. The molecule has 0 aromatic heterocycles. The van der Waals surface area contributed by atoms with Crippen molar-refractivity contribution in [1.82, 2.24) is 9.80 Å². The van der Waals surface area contributed by atoms with Crippen molar-refractivity contribution in [1.29, 1.82) is 0 Å². The van der Waals surface area contributed by atoms with E-state index in [0.29, 0.717) is 19.6 Å². The van der Waals surface area contributed by atoms with Crippen LogP contribution >= 0.6 is 0 Å². The monoisotopic (exact) mass is 348 g/mol. The number of rotatable bonds is 4. The molecule has 0 saturated carbocycles. The number of halogens is 1. The van der Waals surface area contributed by atoms with Gasteiger partial charge in [-0.1, -0.05) is 0 Å². The molecule has 0 unspecified atom stereocenters. The summed E-state index contributed by atoms with van der Waals surface area (Å²) in [4.78, 5) is 30.1. The van der Waals surface area contributed by atoms with Crippen LogP contribution < -0.4 is 10.6 Å². The molecule has 2 heterocycles. The fraction of sp³-hybridized carbons (Fsp3) is 0.556. The number of anilines is 1. The number of primary amides is 1. The zero-order valence-electron chi connectivity index (χ0n) is 14.5. The molecule has 7 heteroatoms. The first-order valence-corrected chi connectivity index (χ1v) is 8.78. The fourth-order valence-electron chi connectivity index (χ4n) is 3.63. The maximum atomic E-state index is 13.0. The van der Waals surface area contributed by atoms with Crippen LogP contribution in [-0.4, -0.2) is 66.9 Å². The van der Waals surface area contributed by atoms with Crippen LogP contribution in [0.25, 0.3) is 0 Å². The SMILES string of the molecule is C[C@@H](C(=O)N1CCN(c2ccc(F)cc2)CC1)N1CC[C@@H](C(N)=O)C1. The summed E-state index contributed by atoms with van der Waals surface area (Å²) in [6.45, 7) is 5.95. The van der Waals surface area contributed by atoms with Crippen LogP contribution in [0, 0.1) is 11.7 Å². The van der Waals surface area contributed by atoms with Crippen LogP contribution in [0.4, 0.5) is 10.1 Å². The fourth-order valence-corrected chi connectivity index (χ4v) is 3.63. The Balaban J connectivity index is 1.53. The van der Waals surface area contributed by atoms with E-state index in [9.17, 15) is 14.0 Å². The normalized spacial score (nSPS) is 22.9. The molecule has 0 bridgehead atoms. The average Bonchev–Trinajstić information content (AvgIpc) is 3.12. The van der Waals surface area contributed by atoms with Gasteiger partial charge in [-0.3, -0.25) is 14.5 Å². The third kappa shape index (κ3) is 3.92. The molecule has 25 heavy (non-hydrogen) atoms. The third-order valence-corrected chi connectivity index (χ3v) is 5.31. The van der Waals surface area contributed by atoms with Crippen LogP contribution in [0.2, 0.25) is 0 Å². The topological polar surface area (TPSA) is 69.9 Å². The van der Waals surface area contributed by atoms with E-state index < -0.39 is 0 Å². The van der Waals surface area contributed by atoms with E-state index in [4.69, 9.17) is 5.73 Å². The van der Waals surface area contributed by atoms with Crippen molar-refractivity contribution < 1.29 is 14.0 Å². The number of nitrogens with zero attached hydrogens (tertiary/aromatic N) is 3. The van der Waals surface area contributed by atoms with Crippen molar-refractivity contribution in [2.24, 2.45) is 11.7 Å².